The Bertz CT molecular complexity index is 757. The monoisotopic (exact) mass is 463 g/mol. The number of carboxylic acids is 1. The molecule has 0 bridgehead atoms. The zero-order valence-corrected chi connectivity index (χ0v) is 21.0. The summed E-state index contributed by atoms with van der Waals surface area (Å²) < 4.78 is 0. The van der Waals surface area contributed by atoms with E-state index in [9.17, 15) is 19.8 Å². The van der Waals surface area contributed by atoms with Crippen LogP contribution in [0.2, 0.25) is 0 Å². The molecule has 1 amide bonds. The Morgan fingerprint density at radius 3 is 2.36 bits per heavy atom. The predicted molar refractivity (Wildman–Crippen MR) is 126 cm³/mol. The van der Waals surface area contributed by atoms with Crippen molar-refractivity contribution in [1.82, 2.24) is 4.90 Å². The lowest BCUT2D eigenvalue weighted by Crippen LogP contribution is -2.58. The Kier molecular flexibility index (Phi) is 6.92. The summed E-state index contributed by atoms with van der Waals surface area (Å²) in [5, 5.41) is 30.6. The number of aliphatic carboxylic acids is 1. The molecule has 0 heterocycles. The van der Waals surface area contributed by atoms with Crippen molar-refractivity contribution >= 4 is 11.9 Å². The number of nitrogens with zero attached hydrogens (tertiary/aromatic N) is 1. The number of hydrogen-bond donors (Lipinski definition) is 3. The molecular formula is C27H45NO5. The lowest BCUT2D eigenvalue weighted by molar-refractivity contribution is -0.174. The second kappa shape index (κ2) is 9.14. The Morgan fingerprint density at radius 2 is 1.67 bits per heavy atom. The number of hydrogen-bond acceptors (Lipinski definition) is 4. The van der Waals surface area contributed by atoms with Crippen molar-refractivity contribution in [3.8, 4) is 0 Å². The van der Waals surface area contributed by atoms with Crippen LogP contribution in [0.25, 0.3) is 0 Å². The molecule has 0 spiro atoms. The molecule has 0 saturated heterocycles. The molecule has 0 aliphatic heterocycles. The number of amides is 1. The van der Waals surface area contributed by atoms with Crippen LogP contribution in [0, 0.1) is 46.3 Å². The van der Waals surface area contributed by atoms with E-state index in [1.807, 2.05) is 0 Å². The molecule has 33 heavy (non-hydrogen) atoms. The highest BCUT2D eigenvalue weighted by atomic mass is 16.4. The van der Waals surface area contributed by atoms with Gasteiger partial charge in [0.05, 0.1) is 12.2 Å². The van der Waals surface area contributed by atoms with E-state index < -0.39 is 5.97 Å². The van der Waals surface area contributed by atoms with Crippen LogP contribution < -0.4 is 0 Å². The first kappa shape index (κ1) is 25.0. The van der Waals surface area contributed by atoms with Crippen molar-refractivity contribution in [2.24, 2.45) is 46.3 Å². The van der Waals surface area contributed by atoms with Crippen molar-refractivity contribution < 1.29 is 24.9 Å². The van der Waals surface area contributed by atoms with E-state index in [1.54, 1.807) is 7.05 Å². The van der Waals surface area contributed by atoms with Crippen LogP contribution in [-0.2, 0) is 9.59 Å². The summed E-state index contributed by atoms with van der Waals surface area (Å²) >= 11 is 0. The van der Waals surface area contributed by atoms with Crippen LogP contribution in [0.3, 0.4) is 0 Å². The number of carboxylic acid groups (broad SMARTS) is 1. The van der Waals surface area contributed by atoms with Gasteiger partial charge in [-0.25, -0.2) is 0 Å². The van der Waals surface area contributed by atoms with Gasteiger partial charge in [-0.1, -0.05) is 20.8 Å². The van der Waals surface area contributed by atoms with Gasteiger partial charge in [0.2, 0.25) is 5.91 Å². The fourth-order valence-corrected chi connectivity index (χ4v) is 9.21. The van der Waals surface area contributed by atoms with E-state index >= 15 is 0 Å². The summed E-state index contributed by atoms with van der Waals surface area (Å²) in [6, 6.07) is 0. The van der Waals surface area contributed by atoms with Crippen molar-refractivity contribution in [3.63, 3.8) is 0 Å². The van der Waals surface area contributed by atoms with Crippen molar-refractivity contribution in [1.29, 1.82) is 0 Å². The maximum absolute atomic E-state index is 12.4. The molecule has 4 aliphatic carbocycles. The summed E-state index contributed by atoms with van der Waals surface area (Å²) in [7, 11) is 1.57. The third-order valence-electron chi connectivity index (χ3n) is 11.0. The van der Waals surface area contributed by atoms with Gasteiger partial charge in [-0.3, -0.25) is 9.59 Å². The van der Waals surface area contributed by atoms with Gasteiger partial charge in [0.15, 0.2) is 0 Å². The second-order valence-corrected chi connectivity index (χ2v) is 12.6. The fraction of sp³-hybridized carbons (Fsp3) is 0.926. The lowest BCUT2D eigenvalue weighted by Gasteiger charge is -2.62. The van der Waals surface area contributed by atoms with Crippen LogP contribution in [0.4, 0.5) is 0 Å². The highest BCUT2D eigenvalue weighted by Gasteiger charge is 2.62. The molecule has 6 heteroatoms. The van der Waals surface area contributed by atoms with Crippen LogP contribution in [0.1, 0.15) is 85.0 Å². The minimum Gasteiger partial charge on any atom is -0.480 e. The van der Waals surface area contributed by atoms with Crippen molar-refractivity contribution in [2.75, 3.05) is 13.6 Å². The van der Waals surface area contributed by atoms with Crippen molar-refractivity contribution in [3.05, 3.63) is 0 Å². The maximum atomic E-state index is 12.4. The Morgan fingerprint density at radius 1 is 1.00 bits per heavy atom. The molecule has 3 N–H and O–H groups in total. The van der Waals surface area contributed by atoms with Gasteiger partial charge in [0.25, 0.3) is 0 Å². The van der Waals surface area contributed by atoms with Gasteiger partial charge in [0, 0.05) is 13.5 Å². The first-order chi connectivity index (χ1) is 15.5. The number of carbonyl (C=O) groups is 2. The number of aliphatic hydroxyl groups is 2. The molecule has 4 saturated carbocycles. The molecule has 188 valence electrons. The molecule has 0 aromatic rings. The van der Waals surface area contributed by atoms with Gasteiger partial charge in [0.1, 0.15) is 6.54 Å². The average Bonchev–Trinajstić information content (AvgIpc) is 3.09. The third kappa shape index (κ3) is 4.35. The molecular weight excluding hydrogens is 418 g/mol. The van der Waals surface area contributed by atoms with Gasteiger partial charge in [-0.15, -0.1) is 0 Å². The Labute approximate surface area is 199 Å². The average molecular weight is 464 g/mol. The zero-order valence-electron chi connectivity index (χ0n) is 21.0. The lowest BCUT2D eigenvalue weighted by atomic mass is 9.43. The predicted octanol–water partition coefficient (Wildman–Crippen LogP) is 3.94. The van der Waals surface area contributed by atoms with E-state index in [1.165, 1.54) is 24.2 Å². The summed E-state index contributed by atoms with van der Waals surface area (Å²) in [6.45, 7) is 6.93. The Balaban J connectivity index is 1.44. The number of fused-ring (bicyclic) bond motifs is 5. The maximum Gasteiger partial charge on any atom is 0.323 e. The number of likely N-dealkylation sites (N-methyl/N-ethyl adjacent to an activating group) is 1. The largest absolute Gasteiger partial charge is 0.480 e. The number of carbonyl (C=O) groups excluding carboxylic acids is 1. The molecule has 6 nitrogen and oxygen atoms in total. The zero-order chi connectivity index (χ0) is 24.1. The third-order valence-corrected chi connectivity index (χ3v) is 11.0. The van der Waals surface area contributed by atoms with E-state index in [4.69, 9.17) is 5.11 Å². The molecule has 0 aromatic carbocycles. The minimum atomic E-state index is -0.976. The van der Waals surface area contributed by atoms with Crippen LogP contribution in [0.5, 0.6) is 0 Å². The second-order valence-electron chi connectivity index (χ2n) is 12.6. The minimum absolute atomic E-state index is 0.0891. The summed E-state index contributed by atoms with van der Waals surface area (Å²) in [5.41, 5.74) is 0.449. The highest BCUT2D eigenvalue weighted by Crippen LogP contribution is 2.68. The highest BCUT2D eigenvalue weighted by molar-refractivity contribution is 5.80. The summed E-state index contributed by atoms with van der Waals surface area (Å²) in [6.07, 6.45) is 9.10. The van der Waals surface area contributed by atoms with E-state index in [2.05, 4.69) is 20.8 Å². The van der Waals surface area contributed by atoms with Gasteiger partial charge in [-0.2, -0.15) is 0 Å². The van der Waals surface area contributed by atoms with E-state index in [0.717, 1.165) is 38.5 Å². The first-order valence-corrected chi connectivity index (χ1v) is 13.3. The fourth-order valence-electron chi connectivity index (χ4n) is 9.21. The topological polar surface area (TPSA) is 98.1 Å². The molecule has 4 fully saturated rings. The smallest absolute Gasteiger partial charge is 0.323 e. The number of aliphatic hydroxyl groups excluding tert-OH is 2. The molecule has 10 unspecified atom stereocenters. The molecule has 10 atom stereocenters. The van der Waals surface area contributed by atoms with Crippen molar-refractivity contribution in [2.45, 2.75) is 97.2 Å². The Hall–Kier alpha value is -1.14. The van der Waals surface area contributed by atoms with Gasteiger partial charge >= 0.3 is 5.97 Å². The van der Waals surface area contributed by atoms with Gasteiger partial charge < -0.3 is 20.2 Å². The molecule has 4 aliphatic rings. The normalized spacial score (nSPS) is 45.5. The number of rotatable bonds is 6. The van der Waals surface area contributed by atoms with Gasteiger partial charge in [-0.05, 0) is 104 Å². The summed E-state index contributed by atoms with van der Waals surface area (Å²) in [5.74, 6) is 1.78. The molecule has 4 rings (SSSR count). The van der Waals surface area contributed by atoms with Crippen LogP contribution in [-0.4, -0.2) is 57.9 Å². The standard InChI is InChI=1S/C27H45NO5/c1-16(5-8-23(31)28(4)15-24(32)33)19-6-7-20-25-21(10-12-27(19,20)3)26(2)11-9-18(29)13-17(26)14-22(25)30/h16-22,25,29-30H,5-15H2,1-4H3,(H,32,33). The van der Waals surface area contributed by atoms with E-state index in [-0.39, 0.29) is 35.5 Å². The first-order valence-electron chi connectivity index (χ1n) is 13.3. The summed E-state index contributed by atoms with van der Waals surface area (Å²) in [4.78, 5) is 24.6. The molecule has 0 aromatic heterocycles. The quantitative estimate of drug-likeness (QED) is 0.554. The SMILES string of the molecule is CC(CCC(=O)N(C)CC(=O)O)C1CCC2C3C(O)CC4CC(O)CCC4(C)C3CCC12C. The van der Waals surface area contributed by atoms with E-state index in [0.29, 0.717) is 41.9 Å². The molecule has 0 radical (unpaired) electrons. The van der Waals surface area contributed by atoms with Crippen LogP contribution in [0.15, 0.2) is 0 Å². The van der Waals surface area contributed by atoms with Crippen LogP contribution >= 0.6 is 0 Å².